The molecule has 1 fully saturated rings. The first-order valence-electron chi connectivity index (χ1n) is 6.37. The van der Waals surface area contributed by atoms with Gasteiger partial charge >= 0.3 is 0 Å². The smallest absolute Gasteiger partial charge is 0.127 e. The van der Waals surface area contributed by atoms with Gasteiger partial charge in [0.25, 0.3) is 0 Å². The van der Waals surface area contributed by atoms with Crippen molar-refractivity contribution in [3.63, 3.8) is 0 Å². The molecule has 3 rings (SSSR count). The summed E-state index contributed by atoms with van der Waals surface area (Å²) in [6, 6.07) is 7.04. The summed E-state index contributed by atoms with van der Waals surface area (Å²) >= 11 is 8.62. The molecule has 1 aliphatic rings. The molecule has 1 heterocycles. The second kappa shape index (κ2) is 4.67. The van der Waals surface area contributed by atoms with Gasteiger partial charge in [0.2, 0.25) is 0 Å². The predicted molar refractivity (Wildman–Crippen MR) is 84.2 cm³/mol. The Labute approximate surface area is 126 Å². The van der Waals surface area contributed by atoms with E-state index in [0.29, 0.717) is 6.04 Å². The van der Waals surface area contributed by atoms with Crippen LogP contribution in [-0.4, -0.2) is 9.55 Å². The molecule has 2 aromatic rings. The van der Waals surface area contributed by atoms with Crippen molar-refractivity contribution in [2.24, 2.45) is 5.92 Å². The second-order valence-corrected chi connectivity index (χ2v) is 7.22. The quantitative estimate of drug-likeness (QED) is 0.539. The molecule has 1 unspecified atom stereocenters. The predicted octanol–water partition coefficient (Wildman–Crippen LogP) is 4.91. The topological polar surface area (TPSA) is 17.8 Å². The SMILES string of the molecule is CC1CC(n2c(C(C)Cl)nc3cc(I)ccc32)C1. The molecule has 2 nitrogen and oxygen atoms in total. The number of aromatic nitrogens is 2. The fourth-order valence-electron chi connectivity index (χ4n) is 2.83. The zero-order chi connectivity index (χ0) is 12.9. The lowest BCUT2D eigenvalue weighted by atomic mass is 9.81. The van der Waals surface area contributed by atoms with Crippen molar-refractivity contribution in [1.29, 1.82) is 0 Å². The standard InChI is InChI=1S/C14H16ClIN2/c1-8-5-11(6-8)18-13-4-3-10(16)7-12(13)17-14(18)9(2)15/h3-4,7-9,11H,5-6H2,1-2H3. The lowest BCUT2D eigenvalue weighted by Gasteiger charge is -2.35. The van der Waals surface area contributed by atoms with E-state index < -0.39 is 0 Å². The number of rotatable bonds is 2. The van der Waals surface area contributed by atoms with E-state index in [1.165, 1.54) is 21.9 Å². The van der Waals surface area contributed by atoms with E-state index in [0.717, 1.165) is 17.3 Å². The van der Waals surface area contributed by atoms with Crippen LogP contribution in [0, 0.1) is 9.49 Å². The molecule has 0 aliphatic heterocycles. The molecule has 1 aromatic heterocycles. The van der Waals surface area contributed by atoms with Crippen LogP contribution in [0.15, 0.2) is 18.2 Å². The van der Waals surface area contributed by atoms with Gasteiger partial charge in [0.15, 0.2) is 0 Å². The molecular formula is C14H16ClIN2. The zero-order valence-corrected chi connectivity index (χ0v) is 13.4. The van der Waals surface area contributed by atoms with Crippen LogP contribution < -0.4 is 0 Å². The Balaban J connectivity index is 2.16. The third kappa shape index (κ3) is 2.05. The number of benzene rings is 1. The Morgan fingerprint density at radius 3 is 2.78 bits per heavy atom. The Kier molecular flexibility index (Phi) is 3.30. The summed E-state index contributed by atoms with van der Waals surface area (Å²) in [4.78, 5) is 4.73. The van der Waals surface area contributed by atoms with Gasteiger partial charge < -0.3 is 4.57 Å². The van der Waals surface area contributed by atoms with Gasteiger partial charge in [-0.05, 0) is 66.5 Å². The van der Waals surface area contributed by atoms with E-state index in [4.69, 9.17) is 16.6 Å². The van der Waals surface area contributed by atoms with Gasteiger partial charge in [0.05, 0.1) is 16.4 Å². The van der Waals surface area contributed by atoms with Gasteiger partial charge in [0.1, 0.15) is 5.82 Å². The van der Waals surface area contributed by atoms with E-state index in [9.17, 15) is 0 Å². The monoisotopic (exact) mass is 374 g/mol. The molecule has 18 heavy (non-hydrogen) atoms. The Bertz CT molecular complexity index is 585. The van der Waals surface area contributed by atoms with Crippen molar-refractivity contribution < 1.29 is 0 Å². The first-order valence-corrected chi connectivity index (χ1v) is 7.89. The van der Waals surface area contributed by atoms with Gasteiger partial charge in [-0.3, -0.25) is 0 Å². The largest absolute Gasteiger partial charge is 0.324 e. The summed E-state index contributed by atoms with van der Waals surface area (Å²) in [5, 5.41) is -0.0361. The maximum atomic E-state index is 6.30. The molecule has 0 saturated heterocycles. The summed E-state index contributed by atoms with van der Waals surface area (Å²) in [6.07, 6.45) is 2.49. The first-order chi connectivity index (χ1) is 8.56. The molecule has 1 saturated carbocycles. The molecule has 0 bridgehead atoms. The minimum absolute atomic E-state index is 0.0361. The fourth-order valence-corrected chi connectivity index (χ4v) is 3.45. The maximum Gasteiger partial charge on any atom is 0.127 e. The summed E-state index contributed by atoms with van der Waals surface area (Å²) < 4.78 is 3.59. The van der Waals surface area contributed by atoms with Crippen LogP contribution in [0.1, 0.15) is 43.9 Å². The highest BCUT2D eigenvalue weighted by Crippen LogP contribution is 2.41. The van der Waals surface area contributed by atoms with E-state index in [1.807, 2.05) is 6.92 Å². The van der Waals surface area contributed by atoms with Crippen molar-refractivity contribution >= 4 is 45.2 Å². The van der Waals surface area contributed by atoms with Gasteiger partial charge in [0, 0.05) is 9.61 Å². The second-order valence-electron chi connectivity index (χ2n) is 5.32. The number of alkyl halides is 1. The molecular weight excluding hydrogens is 359 g/mol. The highest BCUT2D eigenvalue weighted by molar-refractivity contribution is 14.1. The first kappa shape index (κ1) is 12.7. The van der Waals surface area contributed by atoms with E-state index in [2.05, 4.69) is 52.3 Å². The van der Waals surface area contributed by atoms with E-state index in [-0.39, 0.29) is 5.38 Å². The number of hydrogen-bond acceptors (Lipinski definition) is 1. The number of hydrogen-bond donors (Lipinski definition) is 0. The highest BCUT2D eigenvalue weighted by atomic mass is 127. The van der Waals surface area contributed by atoms with Crippen LogP contribution in [0.25, 0.3) is 11.0 Å². The molecule has 1 aliphatic carbocycles. The molecule has 0 radical (unpaired) electrons. The summed E-state index contributed by atoms with van der Waals surface area (Å²) in [7, 11) is 0. The normalized spacial score (nSPS) is 25.1. The van der Waals surface area contributed by atoms with Gasteiger partial charge in [-0.1, -0.05) is 6.92 Å². The summed E-state index contributed by atoms with van der Waals surface area (Å²) in [6.45, 7) is 4.31. The zero-order valence-electron chi connectivity index (χ0n) is 10.5. The molecule has 0 amide bonds. The molecule has 1 aromatic carbocycles. The van der Waals surface area contributed by atoms with Crippen LogP contribution in [0.5, 0.6) is 0 Å². The number of halogens is 2. The van der Waals surface area contributed by atoms with E-state index >= 15 is 0 Å². The van der Waals surface area contributed by atoms with Gasteiger partial charge in [-0.2, -0.15) is 0 Å². The Morgan fingerprint density at radius 2 is 2.17 bits per heavy atom. The summed E-state index contributed by atoms with van der Waals surface area (Å²) in [5.74, 6) is 1.85. The van der Waals surface area contributed by atoms with Gasteiger partial charge in [-0.15, -0.1) is 11.6 Å². The third-order valence-electron chi connectivity index (χ3n) is 3.75. The molecule has 4 heteroatoms. The Hall–Kier alpha value is -0.290. The van der Waals surface area contributed by atoms with Crippen molar-refractivity contribution in [3.05, 3.63) is 27.6 Å². The van der Waals surface area contributed by atoms with Crippen LogP contribution in [0.3, 0.4) is 0 Å². The van der Waals surface area contributed by atoms with E-state index in [1.54, 1.807) is 0 Å². The molecule has 96 valence electrons. The molecule has 0 N–H and O–H groups in total. The van der Waals surface area contributed by atoms with Crippen molar-refractivity contribution in [2.45, 2.75) is 38.1 Å². The average Bonchev–Trinajstić information content (AvgIpc) is 2.63. The van der Waals surface area contributed by atoms with Crippen molar-refractivity contribution in [1.82, 2.24) is 9.55 Å². The van der Waals surface area contributed by atoms with Crippen LogP contribution in [0.4, 0.5) is 0 Å². The minimum atomic E-state index is -0.0361. The maximum absolute atomic E-state index is 6.30. The Morgan fingerprint density at radius 1 is 1.44 bits per heavy atom. The third-order valence-corrected chi connectivity index (χ3v) is 4.61. The van der Waals surface area contributed by atoms with Crippen LogP contribution >= 0.6 is 34.2 Å². The minimum Gasteiger partial charge on any atom is -0.324 e. The van der Waals surface area contributed by atoms with Gasteiger partial charge in [-0.25, -0.2) is 4.98 Å². The number of nitrogens with zero attached hydrogens (tertiary/aromatic N) is 2. The van der Waals surface area contributed by atoms with Crippen LogP contribution in [0.2, 0.25) is 0 Å². The lowest BCUT2D eigenvalue weighted by Crippen LogP contribution is -2.26. The fraction of sp³-hybridized carbons (Fsp3) is 0.500. The summed E-state index contributed by atoms with van der Waals surface area (Å²) in [5.41, 5.74) is 2.30. The number of imidazole rings is 1. The lowest BCUT2D eigenvalue weighted by molar-refractivity contribution is 0.216. The molecule has 1 atom stereocenters. The number of fused-ring (bicyclic) bond motifs is 1. The van der Waals surface area contributed by atoms with Crippen LogP contribution in [-0.2, 0) is 0 Å². The average molecular weight is 375 g/mol. The van der Waals surface area contributed by atoms with Crippen molar-refractivity contribution in [3.8, 4) is 0 Å². The van der Waals surface area contributed by atoms with Crippen molar-refractivity contribution in [2.75, 3.05) is 0 Å². The highest BCUT2D eigenvalue weighted by Gasteiger charge is 2.30. The molecule has 0 spiro atoms.